The molecular weight excluding hydrogens is 251 g/mol. The van der Waals surface area contributed by atoms with Crippen molar-refractivity contribution in [2.45, 2.75) is 19.5 Å². The fourth-order valence-electron chi connectivity index (χ4n) is 1.75. The third-order valence-electron chi connectivity index (χ3n) is 2.74. The van der Waals surface area contributed by atoms with Gasteiger partial charge in [-0.3, -0.25) is 4.98 Å². The van der Waals surface area contributed by atoms with Gasteiger partial charge in [0, 0.05) is 30.0 Å². The number of benzene rings is 1. The SMILES string of the molecule is C[C@@H](NCc1cc(F)cc(Cl)c1)c1ccncc1. The first-order valence-corrected chi connectivity index (χ1v) is 6.11. The minimum atomic E-state index is -0.309. The van der Waals surface area contributed by atoms with Crippen molar-refractivity contribution in [3.05, 3.63) is 64.7 Å². The molecule has 0 aliphatic carbocycles. The van der Waals surface area contributed by atoms with Crippen molar-refractivity contribution in [3.8, 4) is 0 Å². The van der Waals surface area contributed by atoms with E-state index >= 15 is 0 Å². The molecule has 1 N–H and O–H groups in total. The molecule has 0 aliphatic heterocycles. The molecular formula is C14H14ClFN2. The Labute approximate surface area is 111 Å². The van der Waals surface area contributed by atoms with Gasteiger partial charge in [0.25, 0.3) is 0 Å². The van der Waals surface area contributed by atoms with E-state index < -0.39 is 0 Å². The smallest absolute Gasteiger partial charge is 0.125 e. The number of rotatable bonds is 4. The molecule has 0 aliphatic rings. The highest BCUT2D eigenvalue weighted by Crippen LogP contribution is 2.16. The molecule has 4 heteroatoms. The van der Waals surface area contributed by atoms with E-state index in [9.17, 15) is 4.39 Å². The minimum Gasteiger partial charge on any atom is -0.306 e. The molecule has 0 amide bonds. The predicted molar refractivity (Wildman–Crippen MR) is 70.9 cm³/mol. The quantitative estimate of drug-likeness (QED) is 0.910. The highest BCUT2D eigenvalue weighted by molar-refractivity contribution is 6.30. The predicted octanol–water partition coefficient (Wildman–Crippen LogP) is 3.72. The molecule has 0 fully saturated rings. The maximum atomic E-state index is 13.2. The Bertz CT molecular complexity index is 496. The molecule has 0 saturated carbocycles. The summed E-state index contributed by atoms with van der Waals surface area (Å²) in [6.45, 7) is 2.62. The average Bonchev–Trinajstić information content (AvgIpc) is 2.36. The van der Waals surface area contributed by atoms with Crippen LogP contribution in [0.25, 0.3) is 0 Å². The van der Waals surface area contributed by atoms with Crippen molar-refractivity contribution in [3.63, 3.8) is 0 Å². The molecule has 2 rings (SSSR count). The zero-order chi connectivity index (χ0) is 13.0. The van der Waals surface area contributed by atoms with Gasteiger partial charge in [-0.25, -0.2) is 4.39 Å². The van der Waals surface area contributed by atoms with E-state index in [-0.39, 0.29) is 11.9 Å². The Morgan fingerprint density at radius 2 is 2.00 bits per heavy atom. The standard InChI is InChI=1S/C14H14ClFN2/c1-10(12-2-4-17-5-3-12)18-9-11-6-13(15)8-14(16)7-11/h2-8,10,18H,9H2,1H3/t10-/m1/s1. The highest BCUT2D eigenvalue weighted by atomic mass is 35.5. The molecule has 1 aromatic heterocycles. The first-order valence-electron chi connectivity index (χ1n) is 5.73. The van der Waals surface area contributed by atoms with Gasteiger partial charge in [-0.05, 0) is 48.4 Å². The molecule has 1 aromatic carbocycles. The van der Waals surface area contributed by atoms with Crippen molar-refractivity contribution < 1.29 is 4.39 Å². The largest absolute Gasteiger partial charge is 0.306 e. The van der Waals surface area contributed by atoms with Crippen LogP contribution in [0.5, 0.6) is 0 Å². The maximum Gasteiger partial charge on any atom is 0.125 e. The van der Waals surface area contributed by atoms with Gasteiger partial charge in [-0.2, -0.15) is 0 Å². The molecule has 0 unspecified atom stereocenters. The Morgan fingerprint density at radius 3 is 2.67 bits per heavy atom. The van der Waals surface area contributed by atoms with Gasteiger partial charge in [0.2, 0.25) is 0 Å². The van der Waals surface area contributed by atoms with Crippen LogP contribution >= 0.6 is 11.6 Å². The van der Waals surface area contributed by atoms with Crippen LogP contribution in [0.2, 0.25) is 5.02 Å². The van der Waals surface area contributed by atoms with E-state index in [0.717, 1.165) is 11.1 Å². The maximum absolute atomic E-state index is 13.2. The number of nitrogens with zero attached hydrogens (tertiary/aromatic N) is 1. The molecule has 18 heavy (non-hydrogen) atoms. The van der Waals surface area contributed by atoms with Gasteiger partial charge in [-0.15, -0.1) is 0 Å². The normalized spacial score (nSPS) is 12.4. The van der Waals surface area contributed by atoms with Crippen LogP contribution in [0.3, 0.4) is 0 Å². The van der Waals surface area contributed by atoms with Crippen LogP contribution < -0.4 is 5.32 Å². The molecule has 1 heterocycles. The van der Waals surface area contributed by atoms with Crippen LogP contribution in [0.1, 0.15) is 24.1 Å². The van der Waals surface area contributed by atoms with Crippen molar-refractivity contribution in [2.24, 2.45) is 0 Å². The monoisotopic (exact) mass is 264 g/mol. The lowest BCUT2D eigenvalue weighted by Gasteiger charge is -2.14. The lowest BCUT2D eigenvalue weighted by Crippen LogP contribution is -2.18. The zero-order valence-electron chi connectivity index (χ0n) is 10.0. The van der Waals surface area contributed by atoms with Crippen LogP contribution in [0.15, 0.2) is 42.7 Å². The fourth-order valence-corrected chi connectivity index (χ4v) is 2.00. The second-order valence-corrected chi connectivity index (χ2v) is 4.60. The molecule has 94 valence electrons. The second kappa shape index (κ2) is 5.94. The van der Waals surface area contributed by atoms with Gasteiger partial charge in [0.15, 0.2) is 0 Å². The van der Waals surface area contributed by atoms with Crippen LogP contribution in [0.4, 0.5) is 4.39 Å². The molecule has 2 aromatic rings. The molecule has 0 spiro atoms. The van der Waals surface area contributed by atoms with E-state index in [1.807, 2.05) is 12.1 Å². The average molecular weight is 265 g/mol. The van der Waals surface area contributed by atoms with E-state index in [1.165, 1.54) is 12.1 Å². The first kappa shape index (κ1) is 13.0. The lowest BCUT2D eigenvalue weighted by molar-refractivity contribution is 0.569. The number of halogens is 2. The Hall–Kier alpha value is -1.45. The molecule has 0 radical (unpaired) electrons. The molecule has 0 saturated heterocycles. The van der Waals surface area contributed by atoms with Gasteiger partial charge >= 0.3 is 0 Å². The molecule has 1 atom stereocenters. The van der Waals surface area contributed by atoms with Crippen molar-refractivity contribution in [2.75, 3.05) is 0 Å². The van der Waals surface area contributed by atoms with Crippen LogP contribution in [-0.2, 0) is 6.54 Å². The highest BCUT2D eigenvalue weighted by Gasteiger charge is 2.05. The van der Waals surface area contributed by atoms with Gasteiger partial charge < -0.3 is 5.32 Å². The topological polar surface area (TPSA) is 24.9 Å². The summed E-state index contributed by atoms with van der Waals surface area (Å²) in [5.74, 6) is -0.309. The number of hydrogen-bond acceptors (Lipinski definition) is 2. The van der Waals surface area contributed by atoms with Crippen LogP contribution in [0, 0.1) is 5.82 Å². The summed E-state index contributed by atoms with van der Waals surface area (Å²) in [7, 11) is 0. The lowest BCUT2D eigenvalue weighted by atomic mass is 10.1. The van der Waals surface area contributed by atoms with Gasteiger partial charge in [0.05, 0.1) is 0 Å². The van der Waals surface area contributed by atoms with Gasteiger partial charge in [0.1, 0.15) is 5.82 Å². The third kappa shape index (κ3) is 3.52. The Balaban J connectivity index is 1.99. The van der Waals surface area contributed by atoms with E-state index in [0.29, 0.717) is 11.6 Å². The number of hydrogen-bond donors (Lipinski definition) is 1. The summed E-state index contributed by atoms with van der Waals surface area (Å²) in [6.07, 6.45) is 3.51. The Morgan fingerprint density at radius 1 is 1.28 bits per heavy atom. The van der Waals surface area contributed by atoms with E-state index in [4.69, 9.17) is 11.6 Å². The second-order valence-electron chi connectivity index (χ2n) is 4.16. The van der Waals surface area contributed by atoms with E-state index in [2.05, 4.69) is 17.2 Å². The zero-order valence-corrected chi connectivity index (χ0v) is 10.8. The summed E-state index contributed by atoms with van der Waals surface area (Å²) >= 11 is 5.81. The summed E-state index contributed by atoms with van der Waals surface area (Å²) in [6, 6.07) is 8.63. The van der Waals surface area contributed by atoms with Crippen molar-refractivity contribution in [1.29, 1.82) is 0 Å². The fraction of sp³-hybridized carbons (Fsp3) is 0.214. The molecule has 2 nitrogen and oxygen atoms in total. The van der Waals surface area contributed by atoms with Crippen molar-refractivity contribution >= 4 is 11.6 Å². The number of aromatic nitrogens is 1. The first-order chi connectivity index (χ1) is 8.65. The summed E-state index contributed by atoms with van der Waals surface area (Å²) in [4.78, 5) is 3.97. The summed E-state index contributed by atoms with van der Waals surface area (Å²) in [5.41, 5.74) is 1.98. The van der Waals surface area contributed by atoms with E-state index in [1.54, 1.807) is 18.5 Å². The Kier molecular flexibility index (Phi) is 4.28. The van der Waals surface area contributed by atoms with Gasteiger partial charge in [-0.1, -0.05) is 11.6 Å². The third-order valence-corrected chi connectivity index (χ3v) is 2.96. The number of pyridine rings is 1. The summed E-state index contributed by atoms with van der Waals surface area (Å²) < 4.78 is 13.2. The number of nitrogens with one attached hydrogen (secondary N) is 1. The summed E-state index contributed by atoms with van der Waals surface area (Å²) in [5, 5.41) is 3.74. The van der Waals surface area contributed by atoms with Crippen molar-refractivity contribution in [1.82, 2.24) is 10.3 Å². The minimum absolute atomic E-state index is 0.176. The molecule has 0 bridgehead atoms. The van der Waals surface area contributed by atoms with Crippen LogP contribution in [-0.4, -0.2) is 4.98 Å².